The summed E-state index contributed by atoms with van der Waals surface area (Å²) in [6, 6.07) is 5.08. The summed E-state index contributed by atoms with van der Waals surface area (Å²) in [7, 11) is 0. The van der Waals surface area contributed by atoms with Crippen molar-refractivity contribution >= 4 is 17.9 Å². The van der Waals surface area contributed by atoms with E-state index in [4.69, 9.17) is 23.4 Å². The molecule has 3 heterocycles. The SMILES string of the molecule is CCCCC(=O)OC[C@@]1(C)C2C[C@H](OC(=O)CCCC)[C@@]3(C)Oc4cc(-c5cccnc5)oc(=O)c4C(O)C3[C@@]2(C)CC[C@@H]1OC(=O)CCCC. The third kappa shape index (κ3) is 7.59. The van der Waals surface area contributed by atoms with Crippen LogP contribution >= 0.6 is 0 Å². The van der Waals surface area contributed by atoms with Crippen LogP contribution in [0.15, 0.2) is 39.8 Å². The van der Waals surface area contributed by atoms with Gasteiger partial charge in [-0.1, -0.05) is 53.9 Å². The number of carbonyl (C=O) groups excluding carboxylic acids is 3. The molecule has 3 unspecified atom stereocenters. The Labute approximate surface area is 300 Å². The number of carbonyl (C=O) groups is 3. The van der Waals surface area contributed by atoms with Crippen molar-refractivity contribution < 1.29 is 42.9 Å². The number of nitrogens with zero attached hydrogens (tertiary/aromatic N) is 1. The fraction of sp³-hybridized carbons (Fsp3) is 0.675. The second kappa shape index (κ2) is 15.9. The number of hydrogen-bond donors (Lipinski definition) is 1. The van der Waals surface area contributed by atoms with Gasteiger partial charge in [-0.15, -0.1) is 0 Å². The molecule has 0 aromatic carbocycles. The quantitative estimate of drug-likeness (QED) is 0.156. The molecule has 1 aliphatic heterocycles. The molecular formula is C40H55NO10. The Kier molecular flexibility index (Phi) is 12.0. The third-order valence-electron chi connectivity index (χ3n) is 11.8. The zero-order valence-corrected chi connectivity index (χ0v) is 31.0. The number of aromatic nitrogens is 1. The molecule has 3 aliphatic rings. The predicted molar refractivity (Wildman–Crippen MR) is 189 cm³/mol. The lowest BCUT2D eigenvalue weighted by molar-refractivity contribution is -0.271. The van der Waals surface area contributed by atoms with Crippen LogP contribution in [0.3, 0.4) is 0 Å². The molecule has 0 bridgehead atoms. The first-order chi connectivity index (χ1) is 24.3. The van der Waals surface area contributed by atoms with Gasteiger partial charge in [-0.3, -0.25) is 19.4 Å². The lowest BCUT2D eigenvalue weighted by Gasteiger charge is -2.66. The number of aliphatic hydroxyl groups excluding tert-OH is 1. The second-order valence-electron chi connectivity index (χ2n) is 15.4. The van der Waals surface area contributed by atoms with Crippen LogP contribution in [0.2, 0.25) is 0 Å². The molecule has 2 saturated carbocycles. The molecule has 2 aromatic heterocycles. The molecule has 5 rings (SSSR count). The number of ether oxygens (including phenoxy) is 4. The van der Waals surface area contributed by atoms with Gasteiger partial charge >= 0.3 is 23.5 Å². The first-order valence-corrected chi connectivity index (χ1v) is 18.8. The van der Waals surface area contributed by atoms with Crippen LogP contribution in [0.1, 0.15) is 130 Å². The van der Waals surface area contributed by atoms with Gasteiger partial charge in [0.25, 0.3) is 0 Å². The van der Waals surface area contributed by atoms with Crippen LogP contribution in [0.4, 0.5) is 0 Å². The van der Waals surface area contributed by atoms with Gasteiger partial charge in [-0.25, -0.2) is 4.79 Å². The van der Waals surface area contributed by atoms with Crippen LogP contribution in [-0.2, 0) is 28.6 Å². The highest BCUT2D eigenvalue weighted by atomic mass is 16.6. The fourth-order valence-corrected chi connectivity index (χ4v) is 9.09. The van der Waals surface area contributed by atoms with E-state index in [-0.39, 0.29) is 66.8 Å². The number of esters is 3. The van der Waals surface area contributed by atoms with Crippen LogP contribution in [-0.4, -0.2) is 52.4 Å². The number of hydrogen-bond acceptors (Lipinski definition) is 11. The summed E-state index contributed by atoms with van der Waals surface area (Å²) in [5, 5.41) is 12.4. The van der Waals surface area contributed by atoms with E-state index >= 15 is 0 Å². The summed E-state index contributed by atoms with van der Waals surface area (Å²) in [6.45, 7) is 11.9. The van der Waals surface area contributed by atoms with Gasteiger partial charge in [-0.05, 0) is 68.9 Å². The van der Waals surface area contributed by atoms with Crippen molar-refractivity contribution in [3.63, 3.8) is 0 Å². The van der Waals surface area contributed by atoms with Crippen molar-refractivity contribution in [1.82, 2.24) is 4.98 Å². The topological polar surface area (TPSA) is 151 Å². The average molecular weight is 710 g/mol. The molecule has 11 nitrogen and oxygen atoms in total. The largest absolute Gasteiger partial charge is 0.482 e. The van der Waals surface area contributed by atoms with Crippen molar-refractivity contribution in [2.45, 2.75) is 143 Å². The van der Waals surface area contributed by atoms with E-state index in [0.717, 1.165) is 19.3 Å². The van der Waals surface area contributed by atoms with Crippen molar-refractivity contribution in [3.05, 3.63) is 46.6 Å². The average Bonchev–Trinajstić information content (AvgIpc) is 3.10. The molecule has 280 valence electrons. The number of unbranched alkanes of at least 4 members (excludes halogenated alkanes) is 3. The molecular weight excluding hydrogens is 654 g/mol. The molecule has 0 saturated heterocycles. The molecule has 11 heteroatoms. The fourth-order valence-electron chi connectivity index (χ4n) is 9.09. The molecule has 0 radical (unpaired) electrons. The Morgan fingerprint density at radius 2 is 1.57 bits per heavy atom. The lowest BCUT2D eigenvalue weighted by atomic mass is 9.42. The third-order valence-corrected chi connectivity index (χ3v) is 11.8. The molecule has 51 heavy (non-hydrogen) atoms. The van der Waals surface area contributed by atoms with Crippen molar-refractivity contribution in [2.24, 2.45) is 22.7 Å². The van der Waals surface area contributed by atoms with Crippen LogP contribution in [0, 0.1) is 22.7 Å². The number of rotatable bonds is 14. The van der Waals surface area contributed by atoms with E-state index in [9.17, 15) is 24.3 Å². The zero-order chi connectivity index (χ0) is 37.0. The molecule has 0 spiro atoms. The van der Waals surface area contributed by atoms with Gasteiger partial charge in [0.2, 0.25) is 0 Å². The Balaban J connectivity index is 1.61. The Hall–Kier alpha value is -3.73. The van der Waals surface area contributed by atoms with Gasteiger partial charge < -0.3 is 28.5 Å². The maximum atomic E-state index is 13.7. The van der Waals surface area contributed by atoms with Crippen LogP contribution in [0.5, 0.6) is 5.75 Å². The van der Waals surface area contributed by atoms with Gasteiger partial charge in [0.05, 0.1) is 6.10 Å². The molecule has 2 aliphatic carbocycles. The minimum atomic E-state index is -1.34. The maximum Gasteiger partial charge on any atom is 0.345 e. The van der Waals surface area contributed by atoms with Gasteiger partial charge in [0.15, 0.2) is 0 Å². The van der Waals surface area contributed by atoms with Crippen molar-refractivity contribution in [3.8, 4) is 17.1 Å². The van der Waals surface area contributed by atoms with E-state index in [1.165, 1.54) is 0 Å². The number of fused-ring (bicyclic) bond motifs is 4. The summed E-state index contributed by atoms with van der Waals surface area (Å²) >= 11 is 0. The normalized spacial score (nSPS) is 30.9. The highest BCUT2D eigenvalue weighted by Crippen LogP contribution is 2.67. The van der Waals surface area contributed by atoms with Gasteiger partial charge in [-0.2, -0.15) is 0 Å². The molecule has 2 fully saturated rings. The minimum absolute atomic E-state index is 0.00358. The number of pyridine rings is 1. The monoisotopic (exact) mass is 709 g/mol. The minimum Gasteiger partial charge on any atom is -0.482 e. The summed E-state index contributed by atoms with van der Waals surface area (Å²) < 4.78 is 31.0. The number of aliphatic hydroxyl groups is 1. The summed E-state index contributed by atoms with van der Waals surface area (Å²) in [5.41, 5.74) is -3.08. The summed E-state index contributed by atoms with van der Waals surface area (Å²) in [5.74, 6) is -1.76. The van der Waals surface area contributed by atoms with Crippen LogP contribution in [0.25, 0.3) is 11.3 Å². The Bertz CT molecular complexity index is 1610. The van der Waals surface area contributed by atoms with E-state index in [1.807, 2.05) is 34.6 Å². The molecule has 0 amide bonds. The zero-order valence-electron chi connectivity index (χ0n) is 31.0. The molecule has 8 atom stereocenters. The van der Waals surface area contributed by atoms with Gasteiger partial charge in [0, 0.05) is 54.6 Å². The highest BCUT2D eigenvalue weighted by molar-refractivity contribution is 5.70. The molecule has 1 N–H and O–H groups in total. The Morgan fingerprint density at radius 3 is 2.18 bits per heavy atom. The second-order valence-corrected chi connectivity index (χ2v) is 15.4. The Morgan fingerprint density at radius 1 is 0.941 bits per heavy atom. The molecule has 2 aromatic rings. The lowest BCUT2D eigenvalue weighted by Crippen LogP contribution is -2.71. The van der Waals surface area contributed by atoms with Crippen molar-refractivity contribution in [2.75, 3.05) is 6.61 Å². The van der Waals surface area contributed by atoms with E-state index < -0.39 is 46.3 Å². The van der Waals surface area contributed by atoms with Gasteiger partial charge in [0.1, 0.15) is 41.5 Å². The van der Waals surface area contributed by atoms with E-state index in [2.05, 4.69) is 11.9 Å². The summed E-state index contributed by atoms with van der Waals surface area (Å²) in [4.78, 5) is 57.3. The standard InChI is InChI=1S/C40H55NO10/c1-7-10-15-31(42)47-24-39(5)28-22-30(50-33(44)17-12-9-3)40(6)36(38(28,4)19-18-29(39)49-32(43)16-11-8-2)35(45)34-27(51-40)21-26(48-37(34)46)25-14-13-20-41-23-25/h13-14,20-21,23,28-30,35-36,45H,7-12,15-19,22,24H2,1-6H3/t28?,29-,30-,35?,36?,38-,39-,40+/m0/s1. The smallest absolute Gasteiger partial charge is 0.345 e. The van der Waals surface area contributed by atoms with E-state index in [1.54, 1.807) is 30.6 Å². The van der Waals surface area contributed by atoms with E-state index in [0.29, 0.717) is 44.1 Å². The first kappa shape index (κ1) is 38.5. The predicted octanol–water partition coefficient (Wildman–Crippen LogP) is 7.27. The summed E-state index contributed by atoms with van der Waals surface area (Å²) in [6.07, 6.45) is 6.93. The van der Waals surface area contributed by atoms with Crippen LogP contribution < -0.4 is 10.4 Å². The highest BCUT2D eigenvalue weighted by Gasteiger charge is 2.71. The first-order valence-electron chi connectivity index (χ1n) is 18.8. The van der Waals surface area contributed by atoms with Crippen molar-refractivity contribution in [1.29, 1.82) is 0 Å². The maximum absolute atomic E-state index is 13.7.